The van der Waals surface area contributed by atoms with E-state index in [1.54, 1.807) is 6.92 Å². The third kappa shape index (κ3) is 3.19. The normalized spacial score (nSPS) is 12.2. The minimum Gasteiger partial charge on any atom is -0.268 e. The highest BCUT2D eigenvalue weighted by Gasteiger charge is 2.47. The number of aryl methyl sites for hydroxylation is 1. The lowest BCUT2D eigenvalue weighted by Crippen LogP contribution is -2.40. The van der Waals surface area contributed by atoms with E-state index in [2.05, 4.69) is 0 Å². The zero-order valence-corrected chi connectivity index (χ0v) is 9.39. The number of hydrogen-bond donors (Lipinski definition) is 1. The molecule has 0 unspecified atom stereocenters. The summed E-state index contributed by atoms with van der Waals surface area (Å²) in [4.78, 5) is 11.2. The van der Waals surface area contributed by atoms with Gasteiger partial charge in [0.25, 0.3) is 5.91 Å². The van der Waals surface area contributed by atoms with Crippen LogP contribution >= 0.6 is 0 Å². The van der Waals surface area contributed by atoms with Crippen LogP contribution in [0.4, 0.5) is 13.2 Å². The van der Waals surface area contributed by atoms with Gasteiger partial charge in [-0.3, -0.25) is 4.79 Å². The van der Waals surface area contributed by atoms with Crippen LogP contribution in [0, 0.1) is 6.92 Å². The predicted molar refractivity (Wildman–Crippen MR) is 53.6 cm³/mol. The average molecular weight is 267 g/mol. The van der Waals surface area contributed by atoms with E-state index in [1.165, 1.54) is 24.3 Å². The molecule has 0 radical (unpaired) electrons. The van der Waals surface area contributed by atoms with Crippen molar-refractivity contribution in [1.29, 1.82) is 0 Å². The summed E-state index contributed by atoms with van der Waals surface area (Å²) in [6, 6.07) is 5.43. The van der Waals surface area contributed by atoms with Gasteiger partial charge in [0.05, 0.1) is 0 Å². The van der Waals surface area contributed by atoms with Crippen molar-refractivity contribution in [3.63, 3.8) is 0 Å². The number of hydrogen-bond acceptors (Lipinski definition) is 3. The van der Waals surface area contributed by atoms with E-state index in [9.17, 15) is 26.4 Å². The van der Waals surface area contributed by atoms with Gasteiger partial charge in [-0.05, 0) is 19.1 Å². The first-order valence-electron chi connectivity index (χ1n) is 4.33. The van der Waals surface area contributed by atoms with Gasteiger partial charge in [0, 0.05) is 5.56 Å². The van der Waals surface area contributed by atoms with Crippen LogP contribution in [0.15, 0.2) is 24.3 Å². The number of carbonyl (C=O) groups excluding carboxylic acids is 1. The zero-order valence-electron chi connectivity index (χ0n) is 8.58. The zero-order chi connectivity index (χ0) is 13.3. The molecule has 0 saturated heterocycles. The summed E-state index contributed by atoms with van der Waals surface area (Å²) in [5.41, 5.74) is -4.88. The lowest BCUT2D eigenvalue weighted by atomic mass is 10.1. The van der Waals surface area contributed by atoms with Crippen LogP contribution in [0.2, 0.25) is 0 Å². The second-order valence-corrected chi connectivity index (χ2v) is 4.92. The number of sulfonamides is 1. The highest BCUT2D eigenvalue weighted by atomic mass is 32.2. The minimum atomic E-state index is -5.65. The molecular weight excluding hydrogens is 259 g/mol. The first kappa shape index (κ1) is 13.5. The number of benzene rings is 1. The number of amides is 1. The summed E-state index contributed by atoms with van der Waals surface area (Å²) in [6.45, 7) is 1.72. The molecule has 4 nitrogen and oxygen atoms in total. The smallest absolute Gasteiger partial charge is 0.268 e. The van der Waals surface area contributed by atoms with Crippen LogP contribution in [-0.4, -0.2) is 19.8 Å². The lowest BCUT2D eigenvalue weighted by Gasteiger charge is -2.09. The number of nitrogens with one attached hydrogen (secondary N) is 1. The van der Waals surface area contributed by atoms with Crippen LogP contribution in [0.1, 0.15) is 15.9 Å². The average Bonchev–Trinajstić information content (AvgIpc) is 2.16. The molecule has 0 fully saturated rings. The molecule has 94 valence electrons. The van der Waals surface area contributed by atoms with Crippen molar-refractivity contribution in [2.75, 3.05) is 0 Å². The number of alkyl halides is 3. The summed E-state index contributed by atoms with van der Waals surface area (Å²) >= 11 is 0. The standard InChI is InChI=1S/C9H8F3NO3S/c1-6-2-4-7(5-3-6)8(14)13-17(15,16)9(10,11)12/h2-5H,1H3,(H,13,14). The Morgan fingerprint density at radius 2 is 1.65 bits per heavy atom. The van der Waals surface area contributed by atoms with Crippen molar-refractivity contribution in [2.45, 2.75) is 12.4 Å². The van der Waals surface area contributed by atoms with E-state index in [0.29, 0.717) is 0 Å². The minimum absolute atomic E-state index is 0.163. The molecule has 0 aliphatic carbocycles. The SMILES string of the molecule is Cc1ccc(C(=O)NS(=O)(=O)C(F)(F)F)cc1. The molecule has 0 aliphatic heterocycles. The van der Waals surface area contributed by atoms with Crippen LogP contribution in [0.3, 0.4) is 0 Å². The predicted octanol–water partition coefficient (Wildman–Crippen LogP) is 1.57. The van der Waals surface area contributed by atoms with Crippen molar-refractivity contribution in [3.05, 3.63) is 35.4 Å². The van der Waals surface area contributed by atoms with E-state index < -0.39 is 21.4 Å². The van der Waals surface area contributed by atoms with E-state index in [-0.39, 0.29) is 5.56 Å². The summed E-state index contributed by atoms with van der Waals surface area (Å²) in [5, 5.41) is 0. The quantitative estimate of drug-likeness (QED) is 0.884. The maximum atomic E-state index is 12.0. The van der Waals surface area contributed by atoms with Crippen molar-refractivity contribution >= 4 is 15.9 Å². The second kappa shape index (κ2) is 4.36. The molecule has 1 amide bonds. The molecule has 17 heavy (non-hydrogen) atoms. The van der Waals surface area contributed by atoms with Gasteiger partial charge in [0.2, 0.25) is 0 Å². The van der Waals surface area contributed by atoms with Crippen LogP contribution < -0.4 is 4.72 Å². The molecule has 0 bridgehead atoms. The summed E-state index contributed by atoms with van der Waals surface area (Å²) in [5.74, 6) is -1.32. The fourth-order valence-corrected chi connectivity index (χ4v) is 1.42. The highest BCUT2D eigenvalue weighted by molar-refractivity contribution is 7.90. The number of carbonyl (C=O) groups is 1. The van der Waals surface area contributed by atoms with E-state index in [4.69, 9.17) is 0 Å². The molecule has 0 saturated carbocycles. The maximum Gasteiger partial charge on any atom is 0.516 e. The van der Waals surface area contributed by atoms with E-state index in [1.807, 2.05) is 0 Å². The van der Waals surface area contributed by atoms with Gasteiger partial charge in [-0.25, -0.2) is 4.72 Å². The Bertz CT molecular complexity index is 519. The van der Waals surface area contributed by atoms with Gasteiger partial charge in [0.1, 0.15) is 0 Å². The molecule has 0 aromatic heterocycles. The Kier molecular flexibility index (Phi) is 3.46. The molecule has 0 atom stereocenters. The molecule has 0 aliphatic rings. The van der Waals surface area contributed by atoms with E-state index >= 15 is 0 Å². The van der Waals surface area contributed by atoms with Gasteiger partial charge in [-0.2, -0.15) is 21.6 Å². The highest BCUT2D eigenvalue weighted by Crippen LogP contribution is 2.21. The van der Waals surface area contributed by atoms with Crippen molar-refractivity contribution in [1.82, 2.24) is 4.72 Å². The molecule has 1 aromatic carbocycles. The first-order valence-corrected chi connectivity index (χ1v) is 5.82. The topological polar surface area (TPSA) is 63.2 Å². The van der Waals surface area contributed by atoms with Gasteiger partial charge in [-0.15, -0.1) is 0 Å². The van der Waals surface area contributed by atoms with Crippen LogP contribution in [0.5, 0.6) is 0 Å². The molecule has 1 rings (SSSR count). The van der Waals surface area contributed by atoms with Crippen LogP contribution in [-0.2, 0) is 10.0 Å². The Balaban J connectivity index is 2.91. The number of rotatable bonds is 2. The first-order chi connectivity index (χ1) is 7.63. The van der Waals surface area contributed by atoms with Crippen molar-refractivity contribution < 1.29 is 26.4 Å². The molecule has 0 heterocycles. The van der Waals surface area contributed by atoms with Gasteiger partial charge < -0.3 is 0 Å². The Hall–Kier alpha value is -1.57. The number of halogens is 3. The van der Waals surface area contributed by atoms with Gasteiger partial charge >= 0.3 is 15.5 Å². The molecule has 1 N–H and O–H groups in total. The third-order valence-corrected chi connectivity index (χ3v) is 2.91. The Labute approximate surface area is 95.5 Å². The molecule has 1 aromatic rings. The van der Waals surface area contributed by atoms with Gasteiger partial charge in [-0.1, -0.05) is 17.7 Å². The third-order valence-electron chi connectivity index (χ3n) is 1.85. The van der Waals surface area contributed by atoms with Crippen molar-refractivity contribution in [2.24, 2.45) is 0 Å². The van der Waals surface area contributed by atoms with Gasteiger partial charge in [0.15, 0.2) is 0 Å². The monoisotopic (exact) mass is 267 g/mol. The maximum absolute atomic E-state index is 12.0. The largest absolute Gasteiger partial charge is 0.516 e. The Morgan fingerprint density at radius 1 is 1.18 bits per heavy atom. The second-order valence-electron chi connectivity index (χ2n) is 3.25. The van der Waals surface area contributed by atoms with E-state index in [0.717, 1.165) is 10.3 Å². The molecular formula is C9H8F3NO3S. The Morgan fingerprint density at radius 3 is 2.06 bits per heavy atom. The summed E-state index contributed by atoms with van der Waals surface area (Å²) < 4.78 is 58.1. The summed E-state index contributed by atoms with van der Waals surface area (Å²) in [7, 11) is -5.65. The fourth-order valence-electron chi connectivity index (χ4n) is 0.944. The lowest BCUT2D eigenvalue weighted by molar-refractivity contribution is -0.0446. The molecule has 0 spiro atoms. The van der Waals surface area contributed by atoms with Crippen LogP contribution in [0.25, 0.3) is 0 Å². The van der Waals surface area contributed by atoms with Crippen molar-refractivity contribution in [3.8, 4) is 0 Å². The summed E-state index contributed by atoms with van der Waals surface area (Å²) in [6.07, 6.45) is 0. The molecule has 8 heteroatoms. The fraction of sp³-hybridized carbons (Fsp3) is 0.222.